The smallest absolute Gasteiger partial charge is 0.354 e. The number of fused-ring (bicyclic) bond motifs is 1. The first-order valence-electron chi connectivity index (χ1n) is 6.44. The standard InChI is InChI=1S/C15H15N3O2/c1-17-8-9-18(14-5-3-2-4-13(14)17)11-6-7-12(15(19)20)16-10-11/h2-7,10H,8-9H2,1H3,(H,19,20). The van der Waals surface area contributed by atoms with E-state index in [9.17, 15) is 4.79 Å². The first kappa shape index (κ1) is 12.5. The molecule has 2 aromatic rings. The molecule has 3 rings (SSSR count). The minimum atomic E-state index is -1.00. The molecule has 0 aliphatic carbocycles. The normalized spacial score (nSPS) is 14.1. The molecule has 1 N–H and O–H groups in total. The Kier molecular flexibility index (Phi) is 3.02. The number of aromatic carboxylic acids is 1. The maximum absolute atomic E-state index is 10.8. The Hall–Kier alpha value is -2.56. The highest BCUT2D eigenvalue weighted by Crippen LogP contribution is 2.36. The molecule has 1 aliphatic heterocycles. The van der Waals surface area contributed by atoms with Gasteiger partial charge in [0.25, 0.3) is 0 Å². The number of pyridine rings is 1. The van der Waals surface area contributed by atoms with Crippen molar-refractivity contribution in [1.29, 1.82) is 0 Å². The molecule has 20 heavy (non-hydrogen) atoms. The summed E-state index contributed by atoms with van der Waals surface area (Å²) in [6.07, 6.45) is 1.62. The summed E-state index contributed by atoms with van der Waals surface area (Å²) in [6.45, 7) is 1.76. The van der Waals surface area contributed by atoms with Gasteiger partial charge in [0.15, 0.2) is 0 Å². The largest absolute Gasteiger partial charge is 0.477 e. The Bertz CT molecular complexity index is 640. The molecule has 5 nitrogen and oxygen atoms in total. The lowest BCUT2D eigenvalue weighted by atomic mass is 10.1. The maximum atomic E-state index is 10.8. The van der Waals surface area contributed by atoms with Crippen molar-refractivity contribution < 1.29 is 9.90 Å². The summed E-state index contributed by atoms with van der Waals surface area (Å²) in [7, 11) is 2.07. The number of hydrogen-bond acceptors (Lipinski definition) is 4. The van der Waals surface area contributed by atoms with Gasteiger partial charge in [-0.25, -0.2) is 9.78 Å². The fourth-order valence-electron chi connectivity index (χ4n) is 2.45. The van der Waals surface area contributed by atoms with Gasteiger partial charge in [-0.15, -0.1) is 0 Å². The number of carboxylic acid groups (broad SMARTS) is 1. The summed E-state index contributed by atoms with van der Waals surface area (Å²) in [5.74, 6) is -1.00. The third kappa shape index (κ3) is 2.07. The van der Waals surface area contributed by atoms with E-state index in [1.807, 2.05) is 12.1 Å². The van der Waals surface area contributed by atoms with Crippen LogP contribution in [0.5, 0.6) is 0 Å². The molecule has 1 aromatic carbocycles. The summed E-state index contributed by atoms with van der Waals surface area (Å²) in [4.78, 5) is 19.2. The number of rotatable bonds is 2. The van der Waals surface area contributed by atoms with Gasteiger partial charge in [0.1, 0.15) is 5.69 Å². The van der Waals surface area contributed by atoms with Crippen molar-refractivity contribution in [2.75, 3.05) is 29.9 Å². The molecule has 0 radical (unpaired) electrons. The van der Waals surface area contributed by atoms with Crippen molar-refractivity contribution in [1.82, 2.24) is 4.98 Å². The van der Waals surface area contributed by atoms with Gasteiger partial charge in [-0.1, -0.05) is 12.1 Å². The molecule has 2 heterocycles. The number of carboxylic acids is 1. The molecule has 0 atom stereocenters. The van der Waals surface area contributed by atoms with Crippen molar-refractivity contribution >= 4 is 23.0 Å². The lowest BCUT2D eigenvalue weighted by Gasteiger charge is -2.36. The topological polar surface area (TPSA) is 56.7 Å². The maximum Gasteiger partial charge on any atom is 0.354 e. The molecule has 1 aromatic heterocycles. The molecule has 0 fully saturated rings. The molecule has 0 amide bonds. The molecule has 1 aliphatic rings. The first-order valence-corrected chi connectivity index (χ1v) is 6.44. The fraction of sp³-hybridized carbons (Fsp3) is 0.200. The summed E-state index contributed by atoms with van der Waals surface area (Å²) in [5, 5.41) is 8.90. The number of hydrogen-bond donors (Lipinski definition) is 1. The van der Waals surface area contributed by atoms with Crippen LogP contribution in [0.2, 0.25) is 0 Å². The zero-order chi connectivity index (χ0) is 14.1. The Morgan fingerprint density at radius 1 is 1.15 bits per heavy atom. The van der Waals surface area contributed by atoms with Crippen LogP contribution in [0.25, 0.3) is 0 Å². The Labute approximate surface area is 117 Å². The highest BCUT2D eigenvalue weighted by molar-refractivity contribution is 5.86. The van der Waals surface area contributed by atoms with Gasteiger partial charge in [0.05, 0.1) is 23.3 Å². The summed E-state index contributed by atoms with van der Waals surface area (Å²) >= 11 is 0. The van der Waals surface area contributed by atoms with Crippen LogP contribution in [0.4, 0.5) is 17.1 Å². The monoisotopic (exact) mass is 269 g/mol. The lowest BCUT2D eigenvalue weighted by molar-refractivity contribution is 0.0690. The van der Waals surface area contributed by atoms with Crippen LogP contribution in [-0.2, 0) is 0 Å². The number of para-hydroxylation sites is 2. The van der Waals surface area contributed by atoms with E-state index in [0.717, 1.165) is 24.5 Å². The van der Waals surface area contributed by atoms with E-state index in [1.54, 1.807) is 18.3 Å². The van der Waals surface area contributed by atoms with Gasteiger partial charge in [-0.05, 0) is 24.3 Å². The van der Waals surface area contributed by atoms with Crippen LogP contribution in [0, 0.1) is 0 Å². The van der Waals surface area contributed by atoms with E-state index in [-0.39, 0.29) is 5.69 Å². The molecule has 102 valence electrons. The average molecular weight is 269 g/mol. The van der Waals surface area contributed by atoms with Crippen LogP contribution >= 0.6 is 0 Å². The minimum absolute atomic E-state index is 0.0659. The molecule has 0 saturated carbocycles. The number of benzene rings is 1. The number of nitrogens with zero attached hydrogens (tertiary/aromatic N) is 3. The van der Waals surface area contributed by atoms with Gasteiger partial charge >= 0.3 is 5.97 Å². The van der Waals surface area contributed by atoms with Crippen molar-refractivity contribution in [3.05, 3.63) is 48.3 Å². The summed E-state index contributed by atoms with van der Waals surface area (Å²) < 4.78 is 0. The van der Waals surface area contributed by atoms with E-state index >= 15 is 0 Å². The predicted octanol–water partition coefficient (Wildman–Crippen LogP) is 2.37. The molecule has 5 heteroatoms. The molecule has 0 spiro atoms. The minimum Gasteiger partial charge on any atom is -0.477 e. The molecule has 0 unspecified atom stereocenters. The SMILES string of the molecule is CN1CCN(c2ccc(C(=O)O)nc2)c2ccccc21. The van der Waals surface area contributed by atoms with E-state index < -0.39 is 5.97 Å². The van der Waals surface area contributed by atoms with Gasteiger partial charge in [0, 0.05) is 20.1 Å². The Morgan fingerprint density at radius 2 is 1.90 bits per heavy atom. The lowest BCUT2D eigenvalue weighted by Crippen LogP contribution is -2.36. The Balaban J connectivity index is 1.99. The van der Waals surface area contributed by atoms with Crippen molar-refractivity contribution in [3.63, 3.8) is 0 Å². The summed E-state index contributed by atoms with van der Waals surface area (Å²) in [5.41, 5.74) is 3.26. The van der Waals surface area contributed by atoms with Crippen LogP contribution < -0.4 is 9.80 Å². The Morgan fingerprint density at radius 3 is 2.55 bits per heavy atom. The van der Waals surface area contributed by atoms with Crippen molar-refractivity contribution in [3.8, 4) is 0 Å². The molecular formula is C15H15N3O2. The second kappa shape index (κ2) is 4.85. The summed E-state index contributed by atoms with van der Waals surface area (Å²) in [6, 6.07) is 11.5. The molecular weight excluding hydrogens is 254 g/mol. The van der Waals surface area contributed by atoms with Crippen molar-refractivity contribution in [2.45, 2.75) is 0 Å². The average Bonchev–Trinajstić information content (AvgIpc) is 2.48. The highest BCUT2D eigenvalue weighted by atomic mass is 16.4. The van der Waals surface area contributed by atoms with Crippen LogP contribution in [0.1, 0.15) is 10.5 Å². The molecule has 0 saturated heterocycles. The highest BCUT2D eigenvalue weighted by Gasteiger charge is 2.21. The quantitative estimate of drug-likeness (QED) is 0.907. The number of carbonyl (C=O) groups is 1. The predicted molar refractivity (Wildman–Crippen MR) is 77.9 cm³/mol. The second-order valence-electron chi connectivity index (χ2n) is 4.77. The third-order valence-electron chi connectivity index (χ3n) is 3.52. The fourth-order valence-corrected chi connectivity index (χ4v) is 2.45. The number of anilines is 3. The van der Waals surface area contributed by atoms with E-state index in [4.69, 9.17) is 5.11 Å². The zero-order valence-corrected chi connectivity index (χ0v) is 11.2. The van der Waals surface area contributed by atoms with Gasteiger partial charge in [0.2, 0.25) is 0 Å². The van der Waals surface area contributed by atoms with Crippen LogP contribution in [0.15, 0.2) is 42.6 Å². The van der Waals surface area contributed by atoms with Crippen LogP contribution in [0.3, 0.4) is 0 Å². The van der Waals surface area contributed by atoms with E-state index in [1.165, 1.54) is 5.69 Å². The van der Waals surface area contributed by atoms with Crippen molar-refractivity contribution in [2.24, 2.45) is 0 Å². The van der Waals surface area contributed by atoms with Crippen LogP contribution in [-0.4, -0.2) is 36.2 Å². The molecule has 0 bridgehead atoms. The second-order valence-corrected chi connectivity index (χ2v) is 4.77. The van der Waals surface area contributed by atoms with E-state index in [0.29, 0.717) is 0 Å². The zero-order valence-electron chi connectivity index (χ0n) is 11.2. The number of aromatic nitrogens is 1. The van der Waals surface area contributed by atoms with E-state index in [2.05, 4.69) is 34.0 Å². The van der Waals surface area contributed by atoms with Gasteiger partial charge < -0.3 is 14.9 Å². The third-order valence-corrected chi connectivity index (χ3v) is 3.52. The van der Waals surface area contributed by atoms with Gasteiger partial charge in [-0.3, -0.25) is 0 Å². The first-order chi connectivity index (χ1) is 9.66. The number of likely N-dealkylation sites (N-methyl/N-ethyl adjacent to an activating group) is 1. The van der Waals surface area contributed by atoms with Gasteiger partial charge in [-0.2, -0.15) is 0 Å².